The summed E-state index contributed by atoms with van der Waals surface area (Å²) in [5.74, 6) is -1.78. The topological polar surface area (TPSA) is 76.0 Å². The van der Waals surface area contributed by atoms with E-state index in [1.165, 1.54) is 6.92 Å². The van der Waals surface area contributed by atoms with E-state index in [4.69, 9.17) is 4.74 Å². The van der Waals surface area contributed by atoms with Gasteiger partial charge in [0, 0.05) is 12.0 Å². The van der Waals surface area contributed by atoms with E-state index in [0.717, 1.165) is 10.6 Å². The summed E-state index contributed by atoms with van der Waals surface area (Å²) in [6, 6.07) is 17.6. The summed E-state index contributed by atoms with van der Waals surface area (Å²) in [5, 5.41) is 5.38. The molecule has 6 heteroatoms. The Bertz CT molecular complexity index is 893. The highest BCUT2D eigenvalue weighted by Crippen LogP contribution is 2.34. The van der Waals surface area contributed by atoms with Gasteiger partial charge in [0.25, 0.3) is 5.91 Å². The summed E-state index contributed by atoms with van der Waals surface area (Å²) in [7, 11) is 0. The third-order valence-corrected chi connectivity index (χ3v) is 4.52. The molecule has 2 aromatic carbocycles. The first kappa shape index (κ1) is 18.5. The van der Waals surface area contributed by atoms with Crippen molar-refractivity contribution >= 4 is 23.4 Å². The summed E-state index contributed by atoms with van der Waals surface area (Å²) in [5.41, 5.74) is -0.224. The molecule has 1 aliphatic heterocycles. The number of hydrogen-bond donors (Lipinski definition) is 0. The van der Waals surface area contributed by atoms with E-state index in [-0.39, 0.29) is 13.0 Å². The zero-order chi connectivity index (χ0) is 19.4. The molecule has 138 valence electrons. The first-order valence-corrected chi connectivity index (χ1v) is 8.71. The highest BCUT2D eigenvalue weighted by molar-refractivity contribution is 6.19. The highest BCUT2D eigenvalue weighted by atomic mass is 16.5. The van der Waals surface area contributed by atoms with Crippen LogP contribution in [0.1, 0.15) is 36.2 Å². The minimum atomic E-state index is -1.80. The van der Waals surface area contributed by atoms with Crippen LogP contribution in [0.25, 0.3) is 0 Å². The zero-order valence-electron chi connectivity index (χ0n) is 15.2. The average Bonchev–Trinajstić information content (AvgIpc) is 3.11. The Morgan fingerprint density at radius 2 is 1.63 bits per heavy atom. The normalized spacial score (nSPS) is 18.7. The Labute approximate surface area is 157 Å². The van der Waals surface area contributed by atoms with Gasteiger partial charge >= 0.3 is 5.97 Å². The average molecular weight is 364 g/mol. The fourth-order valence-electron chi connectivity index (χ4n) is 3.10. The number of Topliss-reactive ketones (excluding diaryl/α,β-unsaturated/α-hetero) is 1. The van der Waals surface area contributed by atoms with Gasteiger partial charge in [0.2, 0.25) is 5.54 Å². The lowest BCUT2D eigenvalue weighted by molar-refractivity contribution is -0.159. The second-order valence-electron chi connectivity index (χ2n) is 6.21. The maximum Gasteiger partial charge on any atom is 0.342 e. The van der Waals surface area contributed by atoms with Crippen molar-refractivity contribution in [2.24, 2.45) is 5.10 Å². The van der Waals surface area contributed by atoms with E-state index in [0.29, 0.717) is 11.3 Å². The van der Waals surface area contributed by atoms with Crippen molar-refractivity contribution in [1.82, 2.24) is 5.01 Å². The molecule has 0 aliphatic carbocycles. The first-order chi connectivity index (χ1) is 13.0. The van der Waals surface area contributed by atoms with Crippen LogP contribution < -0.4 is 0 Å². The quantitative estimate of drug-likeness (QED) is 0.604. The van der Waals surface area contributed by atoms with Crippen molar-refractivity contribution in [1.29, 1.82) is 0 Å². The summed E-state index contributed by atoms with van der Waals surface area (Å²) in [4.78, 5) is 38.6. The fourth-order valence-corrected chi connectivity index (χ4v) is 3.10. The van der Waals surface area contributed by atoms with Gasteiger partial charge in [-0.25, -0.2) is 9.80 Å². The van der Waals surface area contributed by atoms with Gasteiger partial charge in [-0.2, -0.15) is 5.10 Å². The van der Waals surface area contributed by atoms with Crippen molar-refractivity contribution in [2.45, 2.75) is 25.8 Å². The number of hydrazone groups is 1. The molecule has 0 saturated carbocycles. The Kier molecular flexibility index (Phi) is 5.16. The fraction of sp³-hybridized carbons (Fsp3) is 0.238. The van der Waals surface area contributed by atoms with Crippen molar-refractivity contribution in [3.63, 3.8) is 0 Å². The second kappa shape index (κ2) is 7.53. The van der Waals surface area contributed by atoms with Gasteiger partial charge in [0.1, 0.15) is 0 Å². The van der Waals surface area contributed by atoms with E-state index in [1.807, 2.05) is 30.3 Å². The molecule has 6 nitrogen and oxygen atoms in total. The minimum absolute atomic E-state index is 0.0241. The zero-order valence-corrected chi connectivity index (χ0v) is 15.2. The molecule has 0 spiro atoms. The predicted octanol–water partition coefficient (Wildman–Crippen LogP) is 2.83. The van der Waals surface area contributed by atoms with Crippen molar-refractivity contribution in [3.05, 3.63) is 71.8 Å². The van der Waals surface area contributed by atoms with E-state index >= 15 is 0 Å². The van der Waals surface area contributed by atoms with Gasteiger partial charge in [-0.15, -0.1) is 0 Å². The monoisotopic (exact) mass is 364 g/mol. The number of rotatable bonds is 5. The third kappa shape index (κ3) is 3.26. The van der Waals surface area contributed by atoms with Crippen molar-refractivity contribution < 1.29 is 19.1 Å². The number of carbonyl (C=O) groups is 3. The van der Waals surface area contributed by atoms with E-state index in [1.54, 1.807) is 37.3 Å². The van der Waals surface area contributed by atoms with E-state index in [9.17, 15) is 14.4 Å². The Morgan fingerprint density at radius 1 is 1.04 bits per heavy atom. The largest absolute Gasteiger partial charge is 0.464 e. The molecule has 0 fully saturated rings. The maximum atomic E-state index is 13.1. The van der Waals surface area contributed by atoms with Gasteiger partial charge in [-0.1, -0.05) is 48.5 Å². The molecule has 0 radical (unpaired) electrons. The molecule has 0 N–H and O–H groups in total. The lowest BCUT2D eigenvalue weighted by Gasteiger charge is -2.31. The van der Waals surface area contributed by atoms with Gasteiger partial charge in [0.15, 0.2) is 5.78 Å². The van der Waals surface area contributed by atoms with Crippen LogP contribution in [0.3, 0.4) is 0 Å². The molecule has 2 aromatic rings. The number of benzene rings is 2. The van der Waals surface area contributed by atoms with Crippen molar-refractivity contribution in [3.8, 4) is 0 Å². The van der Waals surface area contributed by atoms with Gasteiger partial charge in [0.05, 0.1) is 12.3 Å². The predicted molar refractivity (Wildman–Crippen MR) is 100 cm³/mol. The maximum absolute atomic E-state index is 13.1. The first-order valence-electron chi connectivity index (χ1n) is 8.71. The smallest absolute Gasteiger partial charge is 0.342 e. The molecule has 1 amide bonds. The van der Waals surface area contributed by atoms with Crippen molar-refractivity contribution in [2.75, 3.05) is 6.61 Å². The van der Waals surface area contributed by atoms with Crippen LogP contribution in [-0.2, 0) is 14.3 Å². The molecule has 0 aromatic heterocycles. The molecule has 0 bridgehead atoms. The number of nitrogens with zero attached hydrogens (tertiary/aromatic N) is 2. The lowest BCUT2D eigenvalue weighted by atomic mass is 9.87. The SMILES string of the molecule is CCOC(=O)C1(C(C)=O)CC(c2ccccc2)=NN1C(=O)c1ccccc1. The number of hydrogen-bond acceptors (Lipinski definition) is 5. The summed E-state index contributed by atoms with van der Waals surface area (Å²) in [6.45, 7) is 3.04. The summed E-state index contributed by atoms with van der Waals surface area (Å²) < 4.78 is 5.16. The van der Waals surface area contributed by atoms with Crippen LogP contribution >= 0.6 is 0 Å². The molecular weight excluding hydrogens is 344 g/mol. The summed E-state index contributed by atoms with van der Waals surface area (Å²) in [6.07, 6.45) is -0.0241. The molecule has 27 heavy (non-hydrogen) atoms. The Morgan fingerprint density at radius 3 is 2.19 bits per heavy atom. The Hall–Kier alpha value is -3.28. The number of ether oxygens (including phenoxy) is 1. The number of amides is 1. The molecule has 1 aliphatic rings. The molecule has 1 unspecified atom stereocenters. The second-order valence-corrected chi connectivity index (χ2v) is 6.21. The number of carbonyl (C=O) groups excluding carboxylic acids is 3. The van der Waals surface area contributed by atoms with E-state index in [2.05, 4.69) is 5.10 Å². The van der Waals surface area contributed by atoms with Crippen LogP contribution in [-0.4, -0.2) is 40.5 Å². The number of esters is 1. The molecule has 1 heterocycles. The van der Waals surface area contributed by atoms with Crippen LogP contribution in [0.15, 0.2) is 65.8 Å². The van der Waals surface area contributed by atoms with Gasteiger partial charge in [-0.05, 0) is 31.5 Å². The van der Waals surface area contributed by atoms with E-state index < -0.39 is 23.2 Å². The van der Waals surface area contributed by atoms with Crippen LogP contribution in [0.2, 0.25) is 0 Å². The minimum Gasteiger partial charge on any atom is -0.464 e. The lowest BCUT2D eigenvalue weighted by Crippen LogP contribution is -2.58. The third-order valence-electron chi connectivity index (χ3n) is 4.52. The Balaban J connectivity index is 2.12. The molecule has 3 rings (SSSR count). The van der Waals surface area contributed by atoms with Gasteiger partial charge < -0.3 is 4.74 Å². The van der Waals surface area contributed by atoms with Crippen LogP contribution in [0.5, 0.6) is 0 Å². The van der Waals surface area contributed by atoms with Gasteiger partial charge in [-0.3, -0.25) is 9.59 Å². The summed E-state index contributed by atoms with van der Waals surface area (Å²) >= 11 is 0. The number of ketones is 1. The molecule has 0 saturated heterocycles. The van der Waals surface area contributed by atoms with Crippen LogP contribution in [0.4, 0.5) is 0 Å². The highest BCUT2D eigenvalue weighted by Gasteiger charge is 2.57. The standard InChI is InChI=1S/C21H20N2O4/c1-3-27-20(26)21(15(2)24)14-18(16-10-6-4-7-11-16)22-23(21)19(25)17-12-8-5-9-13-17/h4-13H,3,14H2,1-2H3. The molecular formula is C21H20N2O4. The van der Waals surface area contributed by atoms with Crippen LogP contribution in [0, 0.1) is 0 Å². The molecule has 1 atom stereocenters.